The average Bonchev–Trinajstić information content (AvgIpc) is 2.70. The Bertz CT molecular complexity index is 992. The Kier molecular flexibility index (Phi) is 5.84. The molecule has 0 heterocycles. The molecular weight excluding hydrogens is 359 g/mol. The lowest BCUT2D eigenvalue weighted by Crippen LogP contribution is -2.18. The fraction of sp³-hybridized carbons (Fsp3) is 0.130. The third-order valence-corrected chi connectivity index (χ3v) is 4.36. The van der Waals surface area contributed by atoms with Gasteiger partial charge in [-0.2, -0.15) is 0 Å². The van der Waals surface area contributed by atoms with E-state index in [1.807, 2.05) is 26.0 Å². The summed E-state index contributed by atoms with van der Waals surface area (Å²) in [6.45, 7) is 3.67. The first-order valence-corrected chi connectivity index (χ1v) is 8.74. The van der Waals surface area contributed by atoms with E-state index in [0.29, 0.717) is 22.6 Å². The van der Waals surface area contributed by atoms with Gasteiger partial charge in [-0.25, -0.2) is 9.18 Å². The fourth-order valence-electron chi connectivity index (χ4n) is 2.62. The van der Waals surface area contributed by atoms with E-state index in [9.17, 15) is 14.0 Å². The van der Waals surface area contributed by atoms with Crippen molar-refractivity contribution in [3.63, 3.8) is 0 Å². The van der Waals surface area contributed by atoms with Gasteiger partial charge in [0.05, 0.1) is 0 Å². The largest absolute Gasteiger partial charge is 0.482 e. The van der Waals surface area contributed by atoms with Crippen LogP contribution >= 0.6 is 0 Å². The lowest BCUT2D eigenvalue weighted by atomic mass is 10.0. The van der Waals surface area contributed by atoms with E-state index in [2.05, 4.69) is 0 Å². The third kappa shape index (κ3) is 4.62. The molecule has 0 aliphatic heterocycles. The van der Waals surface area contributed by atoms with Gasteiger partial charge in [0.25, 0.3) is 0 Å². The van der Waals surface area contributed by atoms with E-state index in [0.717, 1.165) is 11.1 Å². The highest BCUT2D eigenvalue weighted by Gasteiger charge is 2.11. The first-order chi connectivity index (χ1) is 13.4. The molecule has 3 aromatic carbocycles. The summed E-state index contributed by atoms with van der Waals surface area (Å²) in [7, 11) is 0. The van der Waals surface area contributed by atoms with Gasteiger partial charge in [0.15, 0.2) is 12.4 Å². The molecule has 0 fully saturated rings. The number of ketones is 1. The maximum absolute atomic E-state index is 13.0. The van der Waals surface area contributed by atoms with Gasteiger partial charge in [-0.15, -0.1) is 0 Å². The highest BCUT2D eigenvalue weighted by Crippen LogP contribution is 2.21. The molecule has 0 amide bonds. The number of halogens is 1. The monoisotopic (exact) mass is 378 g/mol. The summed E-state index contributed by atoms with van der Waals surface area (Å²) >= 11 is 0. The predicted octanol–water partition coefficient (Wildman–Crippen LogP) is 4.66. The molecule has 28 heavy (non-hydrogen) atoms. The molecule has 0 spiro atoms. The first-order valence-electron chi connectivity index (χ1n) is 8.74. The number of hydrogen-bond acceptors (Lipinski definition) is 4. The van der Waals surface area contributed by atoms with Crippen molar-refractivity contribution in [2.24, 2.45) is 0 Å². The highest BCUT2D eigenvalue weighted by atomic mass is 19.1. The number of esters is 1. The van der Waals surface area contributed by atoms with Crippen molar-refractivity contribution in [3.8, 4) is 11.5 Å². The number of rotatable bonds is 6. The number of carbonyl (C=O) groups is 2. The fourth-order valence-corrected chi connectivity index (χ4v) is 2.62. The van der Waals surface area contributed by atoms with E-state index in [1.54, 1.807) is 18.2 Å². The minimum atomic E-state index is -0.543. The van der Waals surface area contributed by atoms with Crippen LogP contribution in [0.2, 0.25) is 0 Å². The topological polar surface area (TPSA) is 52.6 Å². The van der Waals surface area contributed by atoms with Crippen molar-refractivity contribution >= 4 is 11.8 Å². The molecule has 0 unspecified atom stereocenters. The van der Waals surface area contributed by atoms with E-state index >= 15 is 0 Å². The molecule has 3 rings (SSSR count). The molecule has 0 aromatic heterocycles. The Labute approximate surface area is 162 Å². The molecule has 0 atom stereocenters. The second-order valence-electron chi connectivity index (χ2n) is 6.32. The summed E-state index contributed by atoms with van der Waals surface area (Å²) in [5.74, 6) is -0.237. The molecule has 0 N–H and O–H groups in total. The van der Waals surface area contributed by atoms with Crippen molar-refractivity contribution in [2.75, 3.05) is 6.61 Å². The van der Waals surface area contributed by atoms with Crippen LogP contribution in [0.15, 0.2) is 66.7 Å². The van der Waals surface area contributed by atoms with E-state index < -0.39 is 11.8 Å². The van der Waals surface area contributed by atoms with Crippen LogP contribution in [0.25, 0.3) is 0 Å². The van der Waals surface area contributed by atoms with Crippen LogP contribution < -0.4 is 9.47 Å². The van der Waals surface area contributed by atoms with Crippen LogP contribution in [0.3, 0.4) is 0 Å². The van der Waals surface area contributed by atoms with Crippen LogP contribution in [-0.4, -0.2) is 18.4 Å². The normalized spacial score (nSPS) is 10.4. The lowest BCUT2D eigenvalue weighted by molar-refractivity contribution is -0.136. The summed E-state index contributed by atoms with van der Waals surface area (Å²) in [5.41, 5.74) is 2.84. The van der Waals surface area contributed by atoms with Crippen molar-refractivity contribution in [1.82, 2.24) is 0 Å². The number of aryl methyl sites for hydroxylation is 1. The Morgan fingerprint density at radius 2 is 1.46 bits per heavy atom. The van der Waals surface area contributed by atoms with Crippen molar-refractivity contribution < 1.29 is 23.5 Å². The molecule has 142 valence electrons. The Balaban J connectivity index is 1.59. The second-order valence-corrected chi connectivity index (χ2v) is 6.32. The SMILES string of the molecule is Cc1cccc(OCC(=O)Oc2ccc(C(=O)c3ccc(F)cc3)cc2)c1C. The Hall–Kier alpha value is -3.47. The van der Waals surface area contributed by atoms with Gasteiger partial charge in [-0.3, -0.25) is 4.79 Å². The smallest absolute Gasteiger partial charge is 0.349 e. The maximum Gasteiger partial charge on any atom is 0.349 e. The molecule has 0 saturated carbocycles. The summed E-state index contributed by atoms with van der Waals surface area (Å²) in [6.07, 6.45) is 0. The molecule has 0 radical (unpaired) electrons. The van der Waals surface area contributed by atoms with Crippen LogP contribution in [0.5, 0.6) is 11.5 Å². The lowest BCUT2D eigenvalue weighted by Gasteiger charge is -2.10. The highest BCUT2D eigenvalue weighted by molar-refractivity contribution is 6.09. The van der Waals surface area contributed by atoms with Crippen LogP contribution in [0, 0.1) is 19.7 Å². The quantitative estimate of drug-likeness (QED) is 0.356. The summed E-state index contributed by atoms with van der Waals surface area (Å²) in [6, 6.07) is 17.1. The first kappa shape index (κ1) is 19.3. The minimum Gasteiger partial charge on any atom is -0.482 e. The van der Waals surface area contributed by atoms with Gasteiger partial charge in [0.1, 0.15) is 17.3 Å². The molecule has 0 saturated heterocycles. The summed E-state index contributed by atoms with van der Waals surface area (Å²) in [4.78, 5) is 24.4. The van der Waals surface area contributed by atoms with Gasteiger partial charge >= 0.3 is 5.97 Å². The zero-order chi connectivity index (χ0) is 20.1. The van der Waals surface area contributed by atoms with Crippen molar-refractivity contribution in [2.45, 2.75) is 13.8 Å². The van der Waals surface area contributed by atoms with Crippen LogP contribution in [0.4, 0.5) is 4.39 Å². The number of carbonyl (C=O) groups excluding carboxylic acids is 2. The molecule has 0 bridgehead atoms. The summed E-state index contributed by atoms with van der Waals surface area (Å²) < 4.78 is 23.7. The van der Waals surface area contributed by atoms with E-state index in [1.165, 1.54) is 36.4 Å². The van der Waals surface area contributed by atoms with Gasteiger partial charge in [0, 0.05) is 11.1 Å². The second kappa shape index (κ2) is 8.48. The van der Waals surface area contributed by atoms with Crippen LogP contribution in [0.1, 0.15) is 27.0 Å². The Morgan fingerprint density at radius 1 is 0.857 bits per heavy atom. The average molecular weight is 378 g/mol. The zero-order valence-corrected chi connectivity index (χ0v) is 15.6. The van der Waals surface area contributed by atoms with Gasteiger partial charge < -0.3 is 9.47 Å². The number of hydrogen-bond donors (Lipinski definition) is 0. The van der Waals surface area contributed by atoms with Gasteiger partial charge in [-0.05, 0) is 79.6 Å². The van der Waals surface area contributed by atoms with E-state index in [-0.39, 0.29) is 12.4 Å². The molecule has 0 aliphatic carbocycles. The molecule has 4 nitrogen and oxygen atoms in total. The Morgan fingerprint density at radius 3 is 2.11 bits per heavy atom. The van der Waals surface area contributed by atoms with Crippen molar-refractivity contribution in [1.29, 1.82) is 0 Å². The zero-order valence-electron chi connectivity index (χ0n) is 15.6. The van der Waals surface area contributed by atoms with Gasteiger partial charge in [-0.1, -0.05) is 12.1 Å². The molecule has 0 aliphatic rings. The standard InChI is InChI=1S/C23H19FO4/c1-15-4-3-5-21(16(15)2)27-14-22(25)28-20-12-8-18(9-13-20)23(26)17-6-10-19(24)11-7-17/h3-13H,14H2,1-2H3. The maximum atomic E-state index is 13.0. The number of ether oxygens (including phenoxy) is 2. The van der Waals surface area contributed by atoms with Crippen molar-refractivity contribution in [3.05, 3.63) is 94.8 Å². The minimum absolute atomic E-state index is 0.222. The summed E-state index contributed by atoms with van der Waals surface area (Å²) in [5, 5.41) is 0. The molecule has 3 aromatic rings. The third-order valence-electron chi connectivity index (χ3n) is 4.36. The molecule has 5 heteroatoms. The van der Waals surface area contributed by atoms with Gasteiger partial charge in [0.2, 0.25) is 0 Å². The molecular formula is C23H19FO4. The number of benzene rings is 3. The predicted molar refractivity (Wildman–Crippen MR) is 103 cm³/mol. The van der Waals surface area contributed by atoms with E-state index in [4.69, 9.17) is 9.47 Å². The van der Waals surface area contributed by atoms with Crippen LogP contribution in [-0.2, 0) is 4.79 Å².